The first-order valence-electron chi connectivity index (χ1n) is 5.57. The lowest BCUT2D eigenvalue weighted by Gasteiger charge is -2.00. The number of ether oxygens (including phenoxy) is 1. The molecule has 0 N–H and O–H groups in total. The van der Waals surface area contributed by atoms with Crippen molar-refractivity contribution in [3.8, 4) is 17.0 Å². The van der Waals surface area contributed by atoms with Crippen molar-refractivity contribution in [2.24, 2.45) is 0 Å². The Morgan fingerprint density at radius 2 is 1.89 bits per heavy atom. The minimum atomic E-state index is 0.764. The maximum atomic E-state index is 5.33. The van der Waals surface area contributed by atoms with E-state index in [9.17, 15) is 0 Å². The quantitative estimate of drug-likeness (QED) is 0.720. The van der Waals surface area contributed by atoms with Crippen LogP contribution in [-0.2, 0) is 0 Å². The van der Waals surface area contributed by atoms with E-state index in [1.165, 1.54) is 0 Å². The van der Waals surface area contributed by atoms with Crippen molar-refractivity contribution in [1.29, 1.82) is 0 Å². The molecule has 0 unspecified atom stereocenters. The van der Waals surface area contributed by atoms with Crippen LogP contribution in [0.4, 0.5) is 0 Å². The molecule has 0 aliphatic heterocycles. The molecule has 0 radical (unpaired) electrons. The van der Waals surface area contributed by atoms with Gasteiger partial charge in [0.15, 0.2) is 11.4 Å². The molecular formula is C14H11BrN2O. The Balaban J connectivity index is 2.29. The smallest absolute Gasteiger partial charge is 0.181 e. The Morgan fingerprint density at radius 3 is 2.61 bits per heavy atom. The van der Waals surface area contributed by atoms with Crippen LogP contribution >= 0.6 is 15.9 Å². The molecule has 3 aromatic rings. The molecule has 3 nitrogen and oxygen atoms in total. The Kier molecular flexibility index (Phi) is 2.80. The second-order valence-electron chi connectivity index (χ2n) is 3.89. The second kappa shape index (κ2) is 4.46. The molecule has 3 rings (SSSR count). The molecule has 2 heterocycles. The first kappa shape index (κ1) is 11.3. The summed E-state index contributed by atoms with van der Waals surface area (Å²) in [5.74, 6) is 0.764. The lowest BCUT2D eigenvalue weighted by Crippen LogP contribution is -1.89. The molecule has 0 saturated carbocycles. The summed E-state index contributed by atoms with van der Waals surface area (Å²) in [6.45, 7) is 0. The Labute approximate surface area is 113 Å². The number of pyridine rings is 1. The van der Waals surface area contributed by atoms with Gasteiger partial charge in [0.05, 0.1) is 7.11 Å². The predicted molar refractivity (Wildman–Crippen MR) is 74.9 cm³/mol. The monoisotopic (exact) mass is 302 g/mol. The average Bonchev–Trinajstić information content (AvgIpc) is 2.77. The maximum absolute atomic E-state index is 5.33. The molecule has 18 heavy (non-hydrogen) atoms. The maximum Gasteiger partial charge on any atom is 0.181 e. The average molecular weight is 303 g/mol. The van der Waals surface area contributed by atoms with E-state index >= 15 is 0 Å². The van der Waals surface area contributed by atoms with E-state index in [0.29, 0.717) is 0 Å². The SMILES string of the molecule is COc1cccn2c(Br)c(-c3ccccc3)nc12. The normalized spacial score (nSPS) is 10.8. The molecular weight excluding hydrogens is 292 g/mol. The van der Waals surface area contributed by atoms with Crippen LogP contribution in [0.15, 0.2) is 53.3 Å². The second-order valence-corrected chi connectivity index (χ2v) is 4.64. The van der Waals surface area contributed by atoms with Crippen molar-refractivity contribution in [3.05, 3.63) is 53.3 Å². The highest BCUT2D eigenvalue weighted by atomic mass is 79.9. The van der Waals surface area contributed by atoms with Gasteiger partial charge in [0.1, 0.15) is 10.3 Å². The van der Waals surface area contributed by atoms with Gasteiger partial charge in [0.25, 0.3) is 0 Å². The number of aromatic nitrogens is 2. The van der Waals surface area contributed by atoms with E-state index in [2.05, 4.69) is 20.9 Å². The van der Waals surface area contributed by atoms with Gasteiger partial charge in [0.2, 0.25) is 0 Å². The first-order chi connectivity index (χ1) is 8.81. The molecule has 0 amide bonds. The van der Waals surface area contributed by atoms with Gasteiger partial charge in [-0.25, -0.2) is 4.98 Å². The Hall–Kier alpha value is -1.81. The largest absolute Gasteiger partial charge is 0.493 e. The molecule has 0 spiro atoms. The minimum absolute atomic E-state index is 0.764. The van der Waals surface area contributed by atoms with Crippen LogP contribution < -0.4 is 4.74 Å². The highest BCUT2D eigenvalue weighted by molar-refractivity contribution is 9.10. The Morgan fingerprint density at radius 1 is 1.11 bits per heavy atom. The van der Waals surface area contributed by atoms with Gasteiger partial charge >= 0.3 is 0 Å². The van der Waals surface area contributed by atoms with E-state index in [0.717, 1.165) is 27.3 Å². The number of rotatable bonds is 2. The Bertz CT molecular complexity index is 692. The summed E-state index contributed by atoms with van der Waals surface area (Å²) in [4.78, 5) is 4.64. The summed E-state index contributed by atoms with van der Waals surface area (Å²) < 4.78 is 8.23. The van der Waals surface area contributed by atoms with Gasteiger partial charge < -0.3 is 4.74 Å². The number of halogens is 1. The zero-order valence-corrected chi connectivity index (χ0v) is 11.4. The van der Waals surface area contributed by atoms with E-state index in [1.807, 2.05) is 53.1 Å². The number of fused-ring (bicyclic) bond motifs is 1. The molecule has 1 aromatic carbocycles. The third kappa shape index (κ3) is 1.69. The molecule has 0 bridgehead atoms. The van der Waals surface area contributed by atoms with Crippen LogP contribution in [0.2, 0.25) is 0 Å². The lowest BCUT2D eigenvalue weighted by molar-refractivity contribution is 0.417. The molecule has 0 aliphatic rings. The fourth-order valence-corrected chi connectivity index (χ4v) is 2.56. The fourth-order valence-electron chi connectivity index (χ4n) is 1.95. The molecule has 0 atom stereocenters. The third-order valence-corrected chi connectivity index (χ3v) is 3.58. The molecule has 90 valence electrons. The third-order valence-electron chi connectivity index (χ3n) is 2.82. The van der Waals surface area contributed by atoms with E-state index in [-0.39, 0.29) is 0 Å². The summed E-state index contributed by atoms with van der Waals surface area (Å²) in [6, 6.07) is 13.9. The zero-order chi connectivity index (χ0) is 12.5. The summed E-state index contributed by atoms with van der Waals surface area (Å²) >= 11 is 3.60. The van der Waals surface area contributed by atoms with Gasteiger partial charge in [-0.05, 0) is 28.1 Å². The molecule has 4 heteroatoms. The number of benzene rings is 1. The van der Waals surface area contributed by atoms with E-state index in [4.69, 9.17) is 4.74 Å². The summed E-state index contributed by atoms with van der Waals surface area (Å²) in [6.07, 6.45) is 1.96. The van der Waals surface area contributed by atoms with Gasteiger partial charge in [-0.2, -0.15) is 0 Å². The first-order valence-corrected chi connectivity index (χ1v) is 6.36. The topological polar surface area (TPSA) is 26.5 Å². The van der Waals surface area contributed by atoms with Crippen molar-refractivity contribution in [2.45, 2.75) is 0 Å². The molecule has 0 saturated heterocycles. The molecule has 2 aromatic heterocycles. The molecule has 0 fully saturated rings. The lowest BCUT2D eigenvalue weighted by atomic mass is 10.2. The van der Waals surface area contributed by atoms with Crippen molar-refractivity contribution < 1.29 is 4.74 Å². The van der Waals surface area contributed by atoms with Crippen molar-refractivity contribution in [3.63, 3.8) is 0 Å². The van der Waals surface area contributed by atoms with Crippen molar-refractivity contribution in [1.82, 2.24) is 9.38 Å². The standard InChI is InChI=1S/C14H11BrN2O/c1-18-11-8-5-9-17-13(15)12(16-14(11)17)10-6-3-2-4-7-10/h2-9H,1H3. The molecule has 0 aliphatic carbocycles. The van der Waals surface area contributed by atoms with Crippen LogP contribution in [0, 0.1) is 0 Å². The number of hydrogen-bond acceptors (Lipinski definition) is 2. The van der Waals surface area contributed by atoms with Crippen LogP contribution in [0.1, 0.15) is 0 Å². The van der Waals surface area contributed by atoms with Crippen LogP contribution in [0.5, 0.6) is 5.75 Å². The van der Waals surface area contributed by atoms with Gasteiger partial charge in [-0.3, -0.25) is 4.40 Å². The van der Waals surface area contributed by atoms with Crippen LogP contribution in [-0.4, -0.2) is 16.5 Å². The van der Waals surface area contributed by atoms with Crippen LogP contribution in [0.3, 0.4) is 0 Å². The number of imidazole rings is 1. The fraction of sp³-hybridized carbons (Fsp3) is 0.0714. The van der Waals surface area contributed by atoms with Crippen LogP contribution in [0.25, 0.3) is 16.9 Å². The van der Waals surface area contributed by atoms with E-state index in [1.54, 1.807) is 7.11 Å². The minimum Gasteiger partial charge on any atom is -0.493 e. The zero-order valence-electron chi connectivity index (χ0n) is 9.80. The predicted octanol–water partition coefficient (Wildman–Crippen LogP) is 3.77. The summed E-state index contributed by atoms with van der Waals surface area (Å²) in [5, 5.41) is 0. The van der Waals surface area contributed by atoms with Gasteiger partial charge in [0, 0.05) is 11.8 Å². The number of nitrogens with zero attached hydrogens (tertiary/aromatic N) is 2. The summed E-state index contributed by atoms with van der Waals surface area (Å²) in [5.41, 5.74) is 2.81. The van der Waals surface area contributed by atoms with E-state index < -0.39 is 0 Å². The van der Waals surface area contributed by atoms with Crippen molar-refractivity contribution >= 4 is 21.6 Å². The van der Waals surface area contributed by atoms with Gasteiger partial charge in [-0.15, -0.1) is 0 Å². The number of hydrogen-bond donors (Lipinski definition) is 0. The van der Waals surface area contributed by atoms with Crippen molar-refractivity contribution in [2.75, 3.05) is 7.11 Å². The highest BCUT2D eigenvalue weighted by Crippen LogP contribution is 2.31. The van der Waals surface area contributed by atoms with Gasteiger partial charge in [-0.1, -0.05) is 30.3 Å². The summed E-state index contributed by atoms with van der Waals surface area (Å²) in [7, 11) is 1.65. The number of methoxy groups -OCH3 is 1. The highest BCUT2D eigenvalue weighted by Gasteiger charge is 2.13.